The summed E-state index contributed by atoms with van der Waals surface area (Å²) in [6.07, 6.45) is 4.47. The molecule has 1 aromatic rings. The molecule has 1 N–H and O–H groups in total. The molecule has 0 aromatic heterocycles. The number of nitrogens with one attached hydrogen (secondary N) is 1. The Balaban J connectivity index is 1.85. The molecule has 5 heteroatoms. The van der Waals surface area contributed by atoms with Gasteiger partial charge in [-0.3, -0.25) is 4.99 Å². The molecular weight excluding hydrogens is 314 g/mol. The summed E-state index contributed by atoms with van der Waals surface area (Å²) in [5, 5.41) is 3.40. The van der Waals surface area contributed by atoms with Gasteiger partial charge in [0, 0.05) is 39.9 Å². The first-order valence-corrected chi connectivity index (χ1v) is 9.43. The van der Waals surface area contributed by atoms with Crippen LogP contribution in [-0.2, 0) is 11.2 Å². The van der Waals surface area contributed by atoms with Crippen molar-refractivity contribution in [3.05, 3.63) is 29.8 Å². The van der Waals surface area contributed by atoms with Gasteiger partial charge in [-0.05, 0) is 50.2 Å². The average molecular weight is 348 g/mol. The molecule has 140 valence electrons. The molecule has 0 aliphatic carbocycles. The molecular formula is C20H33N3O2. The second-order valence-corrected chi connectivity index (χ2v) is 6.56. The second kappa shape index (κ2) is 11.0. The molecule has 0 unspecified atom stereocenters. The van der Waals surface area contributed by atoms with E-state index in [1.54, 1.807) is 7.11 Å². The number of rotatable bonds is 8. The lowest BCUT2D eigenvalue weighted by Crippen LogP contribution is -2.40. The fourth-order valence-electron chi connectivity index (χ4n) is 3.18. The van der Waals surface area contributed by atoms with E-state index in [1.165, 1.54) is 24.8 Å². The quantitative estimate of drug-likeness (QED) is 0.580. The Hall–Kier alpha value is -1.75. The first kappa shape index (κ1) is 19.6. The van der Waals surface area contributed by atoms with Crippen LogP contribution in [0.25, 0.3) is 0 Å². The third kappa shape index (κ3) is 6.58. The third-order valence-electron chi connectivity index (χ3n) is 4.75. The minimum atomic E-state index is 0.754. The molecule has 1 aliphatic heterocycles. The Morgan fingerprint density at radius 3 is 2.80 bits per heavy atom. The predicted octanol–water partition coefficient (Wildman–Crippen LogP) is 2.95. The number of para-hydroxylation sites is 1. The summed E-state index contributed by atoms with van der Waals surface area (Å²) in [5.74, 6) is 2.72. The Labute approximate surface area is 152 Å². The second-order valence-electron chi connectivity index (χ2n) is 6.56. The smallest absolute Gasteiger partial charge is 0.193 e. The monoisotopic (exact) mass is 347 g/mol. The molecule has 1 aromatic carbocycles. The molecule has 5 nitrogen and oxygen atoms in total. The van der Waals surface area contributed by atoms with Crippen LogP contribution in [0.15, 0.2) is 29.3 Å². The van der Waals surface area contributed by atoms with Crippen LogP contribution in [-0.4, -0.2) is 57.9 Å². The first-order chi connectivity index (χ1) is 12.2. The van der Waals surface area contributed by atoms with Gasteiger partial charge in [-0.15, -0.1) is 0 Å². The highest BCUT2D eigenvalue weighted by molar-refractivity contribution is 5.79. The van der Waals surface area contributed by atoms with E-state index in [-0.39, 0.29) is 0 Å². The highest BCUT2D eigenvalue weighted by atomic mass is 16.5. The van der Waals surface area contributed by atoms with Crippen LogP contribution >= 0.6 is 0 Å². The lowest BCUT2D eigenvalue weighted by Gasteiger charge is -2.26. The highest BCUT2D eigenvalue weighted by Gasteiger charge is 2.15. The van der Waals surface area contributed by atoms with E-state index in [0.717, 1.165) is 56.9 Å². The Morgan fingerprint density at radius 1 is 1.32 bits per heavy atom. The molecule has 0 saturated carbocycles. The number of methoxy groups -OCH3 is 1. The molecule has 1 fully saturated rings. The van der Waals surface area contributed by atoms with E-state index in [0.29, 0.717) is 0 Å². The van der Waals surface area contributed by atoms with E-state index >= 15 is 0 Å². The van der Waals surface area contributed by atoms with Gasteiger partial charge < -0.3 is 19.7 Å². The molecule has 1 heterocycles. The summed E-state index contributed by atoms with van der Waals surface area (Å²) in [4.78, 5) is 7.05. The third-order valence-corrected chi connectivity index (χ3v) is 4.75. The predicted molar refractivity (Wildman–Crippen MR) is 103 cm³/mol. The number of nitrogens with zero attached hydrogens (tertiary/aromatic N) is 2. The van der Waals surface area contributed by atoms with Crippen molar-refractivity contribution in [3.63, 3.8) is 0 Å². The van der Waals surface area contributed by atoms with Gasteiger partial charge in [0.2, 0.25) is 0 Å². The number of hydrogen-bond donors (Lipinski definition) is 1. The zero-order chi connectivity index (χ0) is 17.9. The number of hydrogen-bond acceptors (Lipinski definition) is 3. The minimum absolute atomic E-state index is 0.754. The topological polar surface area (TPSA) is 46.1 Å². The molecule has 1 aliphatic rings. The summed E-state index contributed by atoms with van der Waals surface area (Å²) >= 11 is 0. The van der Waals surface area contributed by atoms with Crippen molar-refractivity contribution >= 4 is 5.96 Å². The van der Waals surface area contributed by atoms with Crippen LogP contribution in [0, 0.1) is 5.92 Å². The Kier molecular flexibility index (Phi) is 8.60. The van der Waals surface area contributed by atoms with Crippen LogP contribution in [0.3, 0.4) is 0 Å². The molecule has 0 radical (unpaired) electrons. The van der Waals surface area contributed by atoms with Gasteiger partial charge in [-0.1, -0.05) is 18.2 Å². The summed E-state index contributed by atoms with van der Waals surface area (Å²) in [6, 6.07) is 8.16. The maximum Gasteiger partial charge on any atom is 0.193 e. The standard InChI is InChI=1S/C20H33N3O2/c1-4-21-20(23(2)14-10-17-11-15-25-16-12-17)22-13-9-18-7-5-6-8-19(18)24-3/h5-8,17H,4,9-16H2,1-3H3,(H,21,22). The van der Waals surface area contributed by atoms with E-state index in [1.807, 2.05) is 18.2 Å². The fraction of sp³-hybridized carbons (Fsp3) is 0.650. The molecule has 0 amide bonds. The van der Waals surface area contributed by atoms with Crippen molar-refractivity contribution < 1.29 is 9.47 Å². The molecule has 25 heavy (non-hydrogen) atoms. The van der Waals surface area contributed by atoms with Gasteiger partial charge >= 0.3 is 0 Å². The maximum atomic E-state index is 5.45. The van der Waals surface area contributed by atoms with Crippen LogP contribution in [0.5, 0.6) is 5.75 Å². The lowest BCUT2D eigenvalue weighted by atomic mass is 9.96. The van der Waals surface area contributed by atoms with Crippen molar-refractivity contribution in [2.45, 2.75) is 32.6 Å². The van der Waals surface area contributed by atoms with Crippen molar-refractivity contribution in [2.24, 2.45) is 10.9 Å². The van der Waals surface area contributed by atoms with Crippen molar-refractivity contribution in [2.75, 3.05) is 47.0 Å². The number of aliphatic imine (C=N–C) groups is 1. The number of guanidine groups is 1. The number of ether oxygens (including phenoxy) is 2. The average Bonchev–Trinajstić information content (AvgIpc) is 2.66. The van der Waals surface area contributed by atoms with Gasteiger partial charge in [-0.2, -0.15) is 0 Å². The van der Waals surface area contributed by atoms with Gasteiger partial charge in [0.05, 0.1) is 7.11 Å². The largest absolute Gasteiger partial charge is 0.496 e. The van der Waals surface area contributed by atoms with E-state index < -0.39 is 0 Å². The van der Waals surface area contributed by atoms with Crippen LogP contribution in [0.2, 0.25) is 0 Å². The van der Waals surface area contributed by atoms with Gasteiger partial charge in [0.1, 0.15) is 5.75 Å². The van der Waals surface area contributed by atoms with E-state index in [9.17, 15) is 0 Å². The summed E-state index contributed by atoms with van der Waals surface area (Å²) in [5.41, 5.74) is 1.20. The SMILES string of the molecule is CCNC(=NCCc1ccccc1OC)N(C)CCC1CCOCC1. The zero-order valence-corrected chi connectivity index (χ0v) is 16.0. The summed E-state index contributed by atoms with van der Waals surface area (Å²) in [6.45, 7) is 6.62. The highest BCUT2D eigenvalue weighted by Crippen LogP contribution is 2.19. The van der Waals surface area contributed by atoms with Crippen molar-refractivity contribution in [1.29, 1.82) is 0 Å². The van der Waals surface area contributed by atoms with E-state index in [4.69, 9.17) is 14.5 Å². The fourth-order valence-corrected chi connectivity index (χ4v) is 3.18. The van der Waals surface area contributed by atoms with E-state index in [2.05, 4.69) is 30.3 Å². The lowest BCUT2D eigenvalue weighted by molar-refractivity contribution is 0.0625. The Bertz CT molecular complexity index is 527. The first-order valence-electron chi connectivity index (χ1n) is 9.43. The molecule has 0 atom stereocenters. The molecule has 1 saturated heterocycles. The Morgan fingerprint density at radius 2 is 2.08 bits per heavy atom. The summed E-state index contributed by atoms with van der Waals surface area (Å²) in [7, 11) is 3.85. The zero-order valence-electron chi connectivity index (χ0n) is 16.0. The van der Waals surface area contributed by atoms with Crippen LogP contribution in [0.1, 0.15) is 31.7 Å². The molecule has 0 spiro atoms. The van der Waals surface area contributed by atoms with Crippen molar-refractivity contribution in [3.8, 4) is 5.75 Å². The molecule has 2 rings (SSSR count). The number of benzene rings is 1. The van der Waals surface area contributed by atoms with Crippen LogP contribution < -0.4 is 10.1 Å². The van der Waals surface area contributed by atoms with Gasteiger partial charge in [0.25, 0.3) is 0 Å². The van der Waals surface area contributed by atoms with Crippen molar-refractivity contribution in [1.82, 2.24) is 10.2 Å². The normalized spacial score (nSPS) is 15.9. The van der Waals surface area contributed by atoms with Crippen LogP contribution in [0.4, 0.5) is 0 Å². The van der Waals surface area contributed by atoms with Gasteiger partial charge in [0.15, 0.2) is 5.96 Å². The van der Waals surface area contributed by atoms with Gasteiger partial charge in [-0.25, -0.2) is 0 Å². The maximum absolute atomic E-state index is 5.45. The molecule has 0 bridgehead atoms. The summed E-state index contributed by atoms with van der Waals surface area (Å²) < 4.78 is 10.9. The minimum Gasteiger partial charge on any atom is -0.496 e.